The third-order valence-corrected chi connectivity index (χ3v) is 5.19. The molecule has 0 aliphatic carbocycles. The Labute approximate surface area is 193 Å². The zero-order valence-corrected chi connectivity index (χ0v) is 17.8. The molecule has 0 bridgehead atoms. The minimum absolute atomic E-state index is 0.0757. The van der Waals surface area contributed by atoms with Crippen molar-refractivity contribution >= 4 is 29.2 Å². The maximum Gasteiger partial charge on any atom is 0.273 e. The number of nitrogens with one attached hydrogen (secondary N) is 1. The van der Waals surface area contributed by atoms with E-state index >= 15 is 0 Å². The van der Waals surface area contributed by atoms with Gasteiger partial charge in [0.05, 0.1) is 46.8 Å². The second kappa shape index (κ2) is 8.55. The fraction of sp³-hybridized carbons (Fsp3) is 0.0400. The van der Waals surface area contributed by atoms with Crippen LogP contribution in [-0.4, -0.2) is 24.2 Å². The van der Waals surface area contributed by atoms with Crippen molar-refractivity contribution in [3.8, 4) is 28.6 Å². The summed E-state index contributed by atoms with van der Waals surface area (Å²) in [7, 11) is 1.44. The van der Waals surface area contributed by atoms with Crippen LogP contribution in [0.4, 0.5) is 17.1 Å². The zero-order valence-electron chi connectivity index (χ0n) is 17.8. The summed E-state index contributed by atoms with van der Waals surface area (Å²) in [6.45, 7) is 0. The van der Waals surface area contributed by atoms with E-state index in [0.717, 1.165) is 0 Å². The Hall–Kier alpha value is -4.92. The third kappa shape index (κ3) is 3.97. The number of hydrogen-bond acceptors (Lipinski definition) is 7. The summed E-state index contributed by atoms with van der Waals surface area (Å²) >= 11 is 0. The van der Waals surface area contributed by atoms with Crippen molar-refractivity contribution in [1.29, 1.82) is 0 Å². The number of ether oxygens (including phenoxy) is 2. The molecule has 0 saturated heterocycles. The van der Waals surface area contributed by atoms with E-state index in [2.05, 4.69) is 10.3 Å². The molecule has 3 aromatic carbocycles. The minimum atomic E-state index is -0.489. The van der Waals surface area contributed by atoms with E-state index in [9.17, 15) is 14.9 Å². The summed E-state index contributed by atoms with van der Waals surface area (Å²) in [4.78, 5) is 27.6. The molecular weight excluding hydrogens is 438 g/mol. The van der Waals surface area contributed by atoms with Gasteiger partial charge in [0.1, 0.15) is 23.0 Å². The number of rotatable bonds is 5. The molecule has 1 aromatic heterocycles. The number of carbonyl (C=O) groups excluding carboxylic acids is 1. The summed E-state index contributed by atoms with van der Waals surface area (Å²) in [6, 6.07) is 20.0. The molecule has 0 fully saturated rings. The van der Waals surface area contributed by atoms with Gasteiger partial charge >= 0.3 is 0 Å². The maximum atomic E-state index is 12.7. The molecule has 5 rings (SSSR count). The molecule has 168 valence electrons. The molecule has 1 aliphatic heterocycles. The molecule has 1 amide bonds. The van der Waals surface area contributed by atoms with E-state index < -0.39 is 4.92 Å². The Bertz CT molecular complexity index is 1460. The molecule has 0 unspecified atom stereocenters. The fourth-order valence-electron chi connectivity index (χ4n) is 3.53. The molecular formula is C25H17N3O6. The number of methoxy groups -OCH3 is 1. The molecule has 4 aromatic rings. The Morgan fingerprint density at radius 2 is 1.85 bits per heavy atom. The van der Waals surface area contributed by atoms with Crippen molar-refractivity contribution in [3.63, 3.8) is 0 Å². The number of fused-ring (bicyclic) bond motifs is 2. The highest BCUT2D eigenvalue weighted by atomic mass is 16.6. The Balaban J connectivity index is 1.39. The number of para-hydroxylation sites is 2. The van der Waals surface area contributed by atoms with Crippen molar-refractivity contribution < 1.29 is 23.6 Å². The number of carbonyl (C=O) groups is 1. The van der Waals surface area contributed by atoms with Crippen molar-refractivity contribution in [2.45, 2.75) is 0 Å². The Kier molecular flexibility index (Phi) is 5.27. The lowest BCUT2D eigenvalue weighted by molar-refractivity contribution is -0.384. The molecule has 1 N–H and O–H groups in total. The van der Waals surface area contributed by atoms with Crippen molar-refractivity contribution in [3.05, 3.63) is 94.2 Å². The van der Waals surface area contributed by atoms with Gasteiger partial charge in [-0.25, -0.2) is 0 Å². The van der Waals surface area contributed by atoms with E-state index in [0.29, 0.717) is 51.3 Å². The van der Waals surface area contributed by atoms with Crippen LogP contribution in [0.1, 0.15) is 16.1 Å². The van der Waals surface area contributed by atoms with Crippen LogP contribution in [0, 0.1) is 10.1 Å². The van der Waals surface area contributed by atoms with Crippen LogP contribution < -0.4 is 14.8 Å². The Morgan fingerprint density at radius 1 is 1.00 bits per heavy atom. The van der Waals surface area contributed by atoms with Gasteiger partial charge in [0.2, 0.25) is 0 Å². The predicted molar refractivity (Wildman–Crippen MR) is 126 cm³/mol. The number of furan rings is 1. The molecule has 9 nitrogen and oxygen atoms in total. The van der Waals surface area contributed by atoms with Gasteiger partial charge in [-0.2, -0.15) is 0 Å². The SMILES string of the molecule is COc1cc([N+](=O)[O-])ccc1-c1ccc(C=Nc2ccc3c(c2)C(=O)Nc2ccccc2O3)o1. The lowest BCUT2D eigenvalue weighted by Gasteiger charge is -2.07. The van der Waals surface area contributed by atoms with E-state index in [1.165, 1.54) is 25.5 Å². The highest BCUT2D eigenvalue weighted by Gasteiger charge is 2.21. The first-order valence-corrected chi connectivity index (χ1v) is 10.2. The second-order valence-corrected chi connectivity index (χ2v) is 7.33. The Morgan fingerprint density at radius 3 is 2.68 bits per heavy atom. The molecule has 9 heteroatoms. The zero-order chi connectivity index (χ0) is 23.7. The average Bonchev–Trinajstić information content (AvgIpc) is 3.27. The molecule has 34 heavy (non-hydrogen) atoms. The number of anilines is 1. The molecule has 0 atom stereocenters. The van der Waals surface area contributed by atoms with Crippen molar-refractivity contribution in [1.82, 2.24) is 0 Å². The van der Waals surface area contributed by atoms with Crippen LogP contribution in [0.25, 0.3) is 11.3 Å². The number of hydrogen-bond donors (Lipinski definition) is 1. The number of nitrogens with zero attached hydrogens (tertiary/aromatic N) is 2. The van der Waals surface area contributed by atoms with Crippen LogP contribution in [-0.2, 0) is 0 Å². The number of amides is 1. The summed E-state index contributed by atoms with van der Waals surface area (Å²) < 4.78 is 17.0. The maximum absolute atomic E-state index is 12.7. The first kappa shape index (κ1) is 21.0. The average molecular weight is 455 g/mol. The number of nitro groups is 1. The highest BCUT2D eigenvalue weighted by Crippen LogP contribution is 2.37. The van der Waals surface area contributed by atoms with Gasteiger partial charge in [0.15, 0.2) is 5.75 Å². The van der Waals surface area contributed by atoms with Gasteiger partial charge in [0, 0.05) is 6.07 Å². The van der Waals surface area contributed by atoms with Gasteiger partial charge in [-0.3, -0.25) is 19.9 Å². The summed E-state index contributed by atoms with van der Waals surface area (Å²) in [5.41, 5.74) is 1.99. The van der Waals surface area contributed by atoms with E-state index in [1.807, 2.05) is 12.1 Å². The van der Waals surface area contributed by atoms with Gasteiger partial charge < -0.3 is 19.2 Å². The monoisotopic (exact) mass is 455 g/mol. The molecule has 2 heterocycles. The summed E-state index contributed by atoms with van der Waals surface area (Å²) in [6.07, 6.45) is 1.52. The first-order chi connectivity index (χ1) is 16.5. The van der Waals surface area contributed by atoms with Crippen LogP contribution in [0.15, 0.2) is 82.2 Å². The van der Waals surface area contributed by atoms with Gasteiger partial charge in [0.25, 0.3) is 11.6 Å². The van der Waals surface area contributed by atoms with Crippen LogP contribution in [0.3, 0.4) is 0 Å². The van der Waals surface area contributed by atoms with E-state index in [-0.39, 0.29) is 11.6 Å². The predicted octanol–water partition coefficient (Wildman–Crippen LogP) is 5.97. The van der Waals surface area contributed by atoms with Crippen LogP contribution >= 0.6 is 0 Å². The largest absolute Gasteiger partial charge is 0.496 e. The molecule has 0 spiro atoms. The smallest absolute Gasteiger partial charge is 0.273 e. The second-order valence-electron chi connectivity index (χ2n) is 7.33. The topological polar surface area (TPSA) is 116 Å². The van der Waals surface area contributed by atoms with Crippen LogP contribution in [0.2, 0.25) is 0 Å². The lowest BCUT2D eigenvalue weighted by atomic mass is 10.1. The molecule has 0 radical (unpaired) electrons. The number of aliphatic imine (C=N–C) groups is 1. The normalized spacial score (nSPS) is 12.3. The van der Waals surface area contributed by atoms with Crippen molar-refractivity contribution in [2.24, 2.45) is 4.99 Å². The standard InChI is InChI=1S/C25H17N3O6/c1-32-24-13-16(28(30)31)7-9-18(24)21-11-8-17(33-21)14-26-15-6-10-22-19(12-15)25(29)27-20-4-2-3-5-23(20)34-22/h2-14H,1H3,(H,27,29). The van der Waals surface area contributed by atoms with E-state index in [4.69, 9.17) is 13.9 Å². The minimum Gasteiger partial charge on any atom is -0.496 e. The third-order valence-electron chi connectivity index (χ3n) is 5.19. The summed E-state index contributed by atoms with van der Waals surface area (Å²) in [5.74, 6) is 1.97. The summed E-state index contributed by atoms with van der Waals surface area (Å²) in [5, 5.41) is 13.8. The molecule has 0 saturated carbocycles. The molecule has 1 aliphatic rings. The first-order valence-electron chi connectivity index (χ1n) is 10.2. The quantitative estimate of drug-likeness (QED) is 0.225. The fourth-order valence-corrected chi connectivity index (χ4v) is 3.53. The number of nitro benzene ring substituents is 1. The highest BCUT2D eigenvalue weighted by molar-refractivity contribution is 6.08. The lowest BCUT2D eigenvalue weighted by Crippen LogP contribution is -2.10. The number of non-ortho nitro benzene ring substituents is 1. The van der Waals surface area contributed by atoms with Gasteiger partial charge in [-0.15, -0.1) is 0 Å². The van der Waals surface area contributed by atoms with Gasteiger partial charge in [-0.05, 0) is 48.5 Å². The van der Waals surface area contributed by atoms with Crippen LogP contribution in [0.5, 0.6) is 17.2 Å². The van der Waals surface area contributed by atoms with Crippen molar-refractivity contribution in [2.75, 3.05) is 12.4 Å². The van der Waals surface area contributed by atoms with E-state index in [1.54, 1.807) is 48.5 Å². The van der Waals surface area contributed by atoms with Gasteiger partial charge in [-0.1, -0.05) is 12.1 Å². The number of benzene rings is 3.